The Labute approximate surface area is 96.8 Å². The summed E-state index contributed by atoms with van der Waals surface area (Å²) in [4.78, 5) is 8.42. The van der Waals surface area contributed by atoms with E-state index in [9.17, 15) is 0 Å². The lowest BCUT2D eigenvalue weighted by atomic mass is 10.3. The van der Waals surface area contributed by atoms with Crippen molar-refractivity contribution < 1.29 is 4.74 Å². The van der Waals surface area contributed by atoms with Gasteiger partial charge in [0.15, 0.2) is 0 Å². The zero-order chi connectivity index (χ0) is 11.6. The minimum atomic E-state index is 0.597. The number of ether oxygens (including phenoxy) is 1. The fourth-order valence-electron chi connectivity index (χ4n) is 1.20. The molecule has 0 aliphatic carbocycles. The Morgan fingerprint density at radius 1 is 1.50 bits per heavy atom. The van der Waals surface area contributed by atoms with Gasteiger partial charge >= 0.3 is 0 Å². The van der Waals surface area contributed by atoms with Gasteiger partial charge in [-0.15, -0.1) is 6.58 Å². The van der Waals surface area contributed by atoms with Gasteiger partial charge in [-0.25, -0.2) is 4.98 Å². The molecule has 0 saturated heterocycles. The van der Waals surface area contributed by atoms with Crippen molar-refractivity contribution in [3.63, 3.8) is 0 Å². The van der Waals surface area contributed by atoms with Gasteiger partial charge in [-0.3, -0.25) is 4.98 Å². The average Bonchev–Trinajstić information content (AvgIpc) is 2.33. The van der Waals surface area contributed by atoms with Gasteiger partial charge in [0, 0.05) is 12.7 Å². The Hall–Kier alpha value is -1.42. The molecule has 0 unspecified atom stereocenters. The summed E-state index contributed by atoms with van der Waals surface area (Å²) in [6.07, 6.45) is 7.20. The summed E-state index contributed by atoms with van der Waals surface area (Å²) in [7, 11) is 0. The van der Waals surface area contributed by atoms with Crippen LogP contribution in [0.25, 0.3) is 0 Å². The maximum Gasteiger partial charge on any atom is 0.232 e. The molecule has 0 saturated carbocycles. The molecule has 0 radical (unpaired) electrons. The minimum Gasteiger partial charge on any atom is -0.477 e. The second-order valence-corrected chi connectivity index (χ2v) is 3.41. The minimum absolute atomic E-state index is 0.597. The predicted molar refractivity (Wildman–Crippen MR) is 64.3 cm³/mol. The zero-order valence-corrected chi connectivity index (χ0v) is 9.78. The van der Waals surface area contributed by atoms with Crippen LogP contribution in [-0.4, -0.2) is 23.1 Å². The highest BCUT2D eigenvalue weighted by Crippen LogP contribution is 2.05. The Bertz CT molecular complexity index is 315. The number of aromatic nitrogens is 2. The molecule has 0 aliphatic rings. The molecular weight excluding hydrogens is 202 g/mol. The molecule has 1 aromatic heterocycles. The summed E-state index contributed by atoms with van der Waals surface area (Å²) >= 11 is 0. The summed E-state index contributed by atoms with van der Waals surface area (Å²) in [6.45, 7) is 8.03. The number of hydrogen-bond donors (Lipinski definition) is 1. The Balaban J connectivity index is 2.37. The number of rotatable bonds is 8. The van der Waals surface area contributed by atoms with Crippen molar-refractivity contribution in [3.05, 3.63) is 30.7 Å². The molecule has 0 spiro atoms. The molecule has 4 nitrogen and oxygen atoms in total. The van der Waals surface area contributed by atoms with Crippen molar-refractivity contribution in [1.82, 2.24) is 15.3 Å². The molecule has 0 amide bonds. The lowest BCUT2D eigenvalue weighted by molar-refractivity contribution is 0.298. The lowest BCUT2D eigenvalue weighted by Crippen LogP contribution is -2.13. The highest BCUT2D eigenvalue weighted by Gasteiger charge is 1.98. The van der Waals surface area contributed by atoms with Gasteiger partial charge in [0.05, 0.1) is 18.5 Å². The fraction of sp³-hybridized carbons (Fsp3) is 0.500. The lowest BCUT2D eigenvalue weighted by Gasteiger charge is -2.05. The second-order valence-electron chi connectivity index (χ2n) is 3.41. The number of allylic oxidation sites excluding steroid dienone is 1. The summed E-state index contributed by atoms with van der Waals surface area (Å²) in [6, 6.07) is 0. The van der Waals surface area contributed by atoms with Crippen LogP contribution in [0.4, 0.5) is 0 Å². The molecule has 1 rings (SSSR count). The highest BCUT2D eigenvalue weighted by molar-refractivity contribution is 5.08. The van der Waals surface area contributed by atoms with Crippen molar-refractivity contribution in [2.24, 2.45) is 0 Å². The smallest absolute Gasteiger partial charge is 0.232 e. The molecule has 4 heteroatoms. The van der Waals surface area contributed by atoms with Crippen molar-refractivity contribution in [2.75, 3.05) is 13.2 Å². The van der Waals surface area contributed by atoms with Gasteiger partial charge in [-0.05, 0) is 19.4 Å². The van der Waals surface area contributed by atoms with Gasteiger partial charge in [0.25, 0.3) is 0 Å². The molecule has 0 aliphatic heterocycles. The number of nitrogens with one attached hydrogen (secondary N) is 1. The maximum atomic E-state index is 5.48. The van der Waals surface area contributed by atoms with E-state index < -0.39 is 0 Å². The Morgan fingerprint density at radius 3 is 3.12 bits per heavy atom. The van der Waals surface area contributed by atoms with E-state index in [0.717, 1.165) is 31.6 Å². The van der Waals surface area contributed by atoms with Crippen LogP contribution >= 0.6 is 0 Å². The molecule has 0 atom stereocenters. The van der Waals surface area contributed by atoms with Gasteiger partial charge in [-0.1, -0.05) is 13.0 Å². The molecule has 0 fully saturated rings. The van der Waals surface area contributed by atoms with E-state index in [0.29, 0.717) is 12.5 Å². The van der Waals surface area contributed by atoms with E-state index in [1.54, 1.807) is 12.4 Å². The van der Waals surface area contributed by atoms with Crippen LogP contribution in [0.1, 0.15) is 25.5 Å². The first-order valence-electron chi connectivity index (χ1n) is 5.62. The van der Waals surface area contributed by atoms with Crippen molar-refractivity contribution >= 4 is 0 Å². The van der Waals surface area contributed by atoms with E-state index in [1.165, 1.54) is 0 Å². The first kappa shape index (κ1) is 12.6. The SMILES string of the molecule is C=CCCCOc1cncc(CNCC)n1. The third kappa shape index (κ3) is 4.89. The van der Waals surface area contributed by atoms with Crippen LogP contribution in [0, 0.1) is 0 Å². The molecule has 88 valence electrons. The normalized spacial score (nSPS) is 10.1. The van der Waals surface area contributed by atoms with E-state index in [4.69, 9.17) is 4.74 Å². The highest BCUT2D eigenvalue weighted by atomic mass is 16.5. The van der Waals surface area contributed by atoms with Crippen LogP contribution in [0.15, 0.2) is 25.0 Å². The summed E-state index contributed by atoms with van der Waals surface area (Å²) in [5.41, 5.74) is 0.906. The third-order valence-corrected chi connectivity index (χ3v) is 2.02. The van der Waals surface area contributed by atoms with Crippen molar-refractivity contribution in [2.45, 2.75) is 26.3 Å². The number of hydrogen-bond acceptors (Lipinski definition) is 4. The fourth-order valence-corrected chi connectivity index (χ4v) is 1.20. The molecule has 1 heterocycles. The molecular formula is C12H19N3O. The zero-order valence-electron chi connectivity index (χ0n) is 9.78. The van der Waals surface area contributed by atoms with Crippen LogP contribution in [0.3, 0.4) is 0 Å². The van der Waals surface area contributed by atoms with Crippen LogP contribution < -0.4 is 10.1 Å². The number of nitrogens with zero attached hydrogens (tertiary/aromatic N) is 2. The number of unbranched alkanes of at least 4 members (excludes halogenated alkanes) is 1. The molecule has 16 heavy (non-hydrogen) atoms. The van der Waals surface area contributed by atoms with Gasteiger partial charge in [0.1, 0.15) is 0 Å². The Kier molecular flexibility index (Phi) is 6.18. The van der Waals surface area contributed by atoms with Crippen molar-refractivity contribution in [1.29, 1.82) is 0 Å². The van der Waals surface area contributed by atoms with Crippen molar-refractivity contribution in [3.8, 4) is 5.88 Å². The first-order valence-corrected chi connectivity index (χ1v) is 5.62. The van der Waals surface area contributed by atoms with E-state index in [1.807, 2.05) is 6.08 Å². The third-order valence-electron chi connectivity index (χ3n) is 2.02. The van der Waals surface area contributed by atoms with Gasteiger partial charge < -0.3 is 10.1 Å². The van der Waals surface area contributed by atoms with Gasteiger partial charge in [0.2, 0.25) is 5.88 Å². The summed E-state index contributed by atoms with van der Waals surface area (Å²) in [5, 5.41) is 3.20. The second kappa shape index (κ2) is 7.82. The predicted octanol–water partition coefficient (Wildman–Crippen LogP) is 1.93. The molecule has 1 N–H and O–H groups in total. The molecule has 0 bridgehead atoms. The van der Waals surface area contributed by atoms with E-state index in [-0.39, 0.29) is 0 Å². The first-order chi connectivity index (χ1) is 7.86. The standard InChI is InChI=1S/C12H19N3O/c1-3-5-6-7-16-12-10-14-9-11(15-12)8-13-4-2/h3,9-10,13H,1,4-8H2,2H3. The molecule has 1 aromatic rings. The maximum absolute atomic E-state index is 5.48. The Morgan fingerprint density at radius 2 is 2.38 bits per heavy atom. The summed E-state index contributed by atoms with van der Waals surface area (Å²) in [5.74, 6) is 0.597. The molecule has 0 aromatic carbocycles. The van der Waals surface area contributed by atoms with Gasteiger partial charge in [-0.2, -0.15) is 0 Å². The van der Waals surface area contributed by atoms with Crippen LogP contribution in [0.5, 0.6) is 5.88 Å². The van der Waals surface area contributed by atoms with E-state index >= 15 is 0 Å². The van der Waals surface area contributed by atoms with Crippen LogP contribution in [-0.2, 0) is 6.54 Å². The van der Waals surface area contributed by atoms with Crippen LogP contribution in [0.2, 0.25) is 0 Å². The summed E-state index contributed by atoms with van der Waals surface area (Å²) < 4.78 is 5.48. The average molecular weight is 221 g/mol. The van der Waals surface area contributed by atoms with E-state index in [2.05, 4.69) is 28.8 Å². The topological polar surface area (TPSA) is 47.0 Å². The largest absolute Gasteiger partial charge is 0.477 e. The monoisotopic (exact) mass is 221 g/mol. The quantitative estimate of drug-likeness (QED) is 0.538.